The Labute approximate surface area is 211 Å². The molecule has 3 heterocycles. The molecule has 0 saturated carbocycles. The summed E-state index contributed by atoms with van der Waals surface area (Å²) in [6.45, 7) is 6.06. The van der Waals surface area contributed by atoms with Crippen LogP contribution in [-0.4, -0.2) is 48.1 Å². The third-order valence-electron chi connectivity index (χ3n) is 6.43. The van der Waals surface area contributed by atoms with E-state index in [0.29, 0.717) is 47.4 Å². The lowest BCUT2D eigenvalue weighted by Crippen LogP contribution is -2.39. The second kappa shape index (κ2) is 9.87. The molecule has 9 heteroatoms. The Balaban J connectivity index is 1.73. The number of benzene rings is 1. The lowest BCUT2D eigenvalue weighted by Gasteiger charge is -2.32. The van der Waals surface area contributed by atoms with Crippen molar-refractivity contribution in [1.82, 2.24) is 10.2 Å². The van der Waals surface area contributed by atoms with Crippen molar-refractivity contribution in [2.75, 3.05) is 31.6 Å². The number of aliphatic hydroxyl groups is 1. The Hall–Kier alpha value is -1.72. The van der Waals surface area contributed by atoms with Gasteiger partial charge < -0.3 is 20.6 Å². The van der Waals surface area contributed by atoms with Crippen molar-refractivity contribution in [1.29, 1.82) is 0 Å². The Morgan fingerprint density at radius 1 is 1.36 bits per heavy atom. The number of hydrogen-bond donors (Lipinski definition) is 3. The largest absolute Gasteiger partial charge is 0.396 e. The van der Waals surface area contributed by atoms with E-state index in [1.165, 1.54) is 17.4 Å². The Morgan fingerprint density at radius 3 is 2.76 bits per heavy atom. The monoisotopic (exact) mass is 585 g/mol. The normalized spacial score (nSPS) is 18.5. The predicted octanol–water partition coefficient (Wildman–Crippen LogP) is 4.78. The van der Waals surface area contributed by atoms with Gasteiger partial charge in [-0.05, 0) is 83.4 Å². The number of carbonyl (C=O) groups is 2. The highest BCUT2D eigenvalue weighted by atomic mass is 127. The van der Waals surface area contributed by atoms with Crippen LogP contribution < -0.4 is 10.6 Å². The van der Waals surface area contributed by atoms with Crippen molar-refractivity contribution in [3.63, 3.8) is 0 Å². The summed E-state index contributed by atoms with van der Waals surface area (Å²) in [7, 11) is 0. The molecule has 2 aliphatic rings. The van der Waals surface area contributed by atoms with Gasteiger partial charge in [0.15, 0.2) is 0 Å². The van der Waals surface area contributed by atoms with Crippen LogP contribution in [0.15, 0.2) is 18.2 Å². The smallest absolute Gasteiger partial charge is 0.261 e. The minimum absolute atomic E-state index is 0.117. The number of rotatable bonds is 5. The van der Waals surface area contributed by atoms with Crippen LogP contribution in [0.5, 0.6) is 0 Å². The number of nitrogens with zero attached hydrogens (tertiary/aromatic N) is 1. The molecule has 178 valence electrons. The fourth-order valence-electron chi connectivity index (χ4n) is 4.55. The van der Waals surface area contributed by atoms with Crippen LogP contribution in [0.2, 0.25) is 0 Å². The van der Waals surface area contributed by atoms with Crippen molar-refractivity contribution in [3.8, 4) is 0 Å². The molecule has 0 spiro atoms. The number of thiophene rings is 1. The van der Waals surface area contributed by atoms with Gasteiger partial charge >= 0.3 is 0 Å². The van der Waals surface area contributed by atoms with E-state index in [2.05, 4.69) is 47.1 Å². The molecule has 1 saturated heterocycles. The van der Waals surface area contributed by atoms with Crippen LogP contribution in [0.1, 0.15) is 58.7 Å². The van der Waals surface area contributed by atoms with Gasteiger partial charge in [0.1, 0.15) is 10.8 Å². The minimum atomic E-state index is -0.404. The molecule has 1 aromatic carbocycles. The molecular formula is C24H29FIN3O3S. The van der Waals surface area contributed by atoms with Gasteiger partial charge in [0.2, 0.25) is 0 Å². The third-order valence-corrected chi connectivity index (χ3v) is 8.25. The zero-order chi connectivity index (χ0) is 23.8. The first-order chi connectivity index (χ1) is 15.7. The predicted molar refractivity (Wildman–Crippen MR) is 137 cm³/mol. The van der Waals surface area contributed by atoms with Gasteiger partial charge in [0.05, 0.1) is 16.1 Å². The number of nitrogens with one attached hydrogen (secondary N) is 2. The summed E-state index contributed by atoms with van der Waals surface area (Å²) in [5.41, 5.74) is 1.30. The number of likely N-dealkylation sites (tertiary alicyclic amines) is 1. The number of fused-ring (bicyclic) bond motifs is 1. The first kappa shape index (κ1) is 24.4. The van der Waals surface area contributed by atoms with E-state index in [0.717, 1.165) is 28.4 Å². The van der Waals surface area contributed by atoms with Crippen molar-refractivity contribution < 1.29 is 19.1 Å². The van der Waals surface area contributed by atoms with Crippen LogP contribution in [0.4, 0.5) is 15.1 Å². The summed E-state index contributed by atoms with van der Waals surface area (Å²) in [5, 5.41) is 15.8. The molecule has 2 amide bonds. The molecule has 1 aromatic heterocycles. The van der Waals surface area contributed by atoms with Gasteiger partial charge in [-0.25, -0.2) is 4.39 Å². The van der Waals surface area contributed by atoms with Gasteiger partial charge in [-0.15, -0.1) is 11.3 Å². The first-order valence-corrected chi connectivity index (χ1v) is 13.1. The first-order valence-electron chi connectivity index (χ1n) is 11.2. The molecule has 2 aromatic rings. The second-order valence-corrected chi connectivity index (χ2v) is 11.9. The van der Waals surface area contributed by atoms with Crippen LogP contribution in [0, 0.1) is 20.7 Å². The molecule has 0 bridgehead atoms. The average molecular weight is 585 g/mol. The summed E-state index contributed by atoms with van der Waals surface area (Å²) in [6.07, 6.45) is 3.03. The number of carbonyl (C=O) groups excluding carboxylic acids is 2. The van der Waals surface area contributed by atoms with Crippen LogP contribution in [0.3, 0.4) is 0 Å². The summed E-state index contributed by atoms with van der Waals surface area (Å²) in [5.74, 6) is -0.290. The average Bonchev–Trinajstić information content (AvgIpc) is 3.06. The highest BCUT2D eigenvalue weighted by Crippen LogP contribution is 2.41. The van der Waals surface area contributed by atoms with E-state index in [1.807, 2.05) is 4.90 Å². The van der Waals surface area contributed by atoms with Gasteiger partial charge in [-0.2, -0.15) is 0 Å². The van der Waals surface area contributed by atoms with Gasteiger partial charge in [0.25, 0.3) is 11.8 Å². The van der Waals surface area contributed by atoms with Crippen molar-refractivity contribution >= 4 is 56.4 Å². The molecule has 33 heavy (non-hydrogen) atoms. The van der Waals surface area contributed by atoms with Crippen LogP contribution >= 0.6 is 33.9 Å². The van der Waals surface area contributed by atoms with E-state index >= 15 is 0 Å². The number of piperidine rings is 1. The Bertz CT molecular complexity index is 1060. The van der Waals surface area contributed by atoms with E-state index in [1.54, 1.807) is 12.1 Å². The molecular weight excluding hydrogens is 556 g/mol. The zero-order valence-corrected chi connectivity index (χ0v) is 21.8. The lowest BCUT2D eigenvalue weighted by atomic mass is 9.85. The number of anilines is 2. The number of amides is 2. The summed E-state index contributed by atoms with van der Waals surface area (Å²) >= 11 is 3.27. The van der Waals surface area contributed by atoms with E-state index < -0.39 is 5.82 Å². The fraction of sp³-hybridized carbons (Fsp3) is 0.500. The number of hydrogen-bond acceptors (Lipinski definition) is 5. The molecule has 0 radical (unpaired) electrons. The molecule has 3 N–H and O–H groups in total. The number of aliphatic hydroxyl groups excluding tert-OH is 1. The SMILES string of the molecule is CC1(C)CNC(=O)c2sc(Nc3ccc(I)cc3F)c(C(=O)N3CCC(CCO)CC3)c2C1. The van der Waals surface area contributed by atoms with E-state index in [4.69, 9.17) is 0 Å². The molecule has 6 nitrogen and oxygen atoms in total. The van der Waals surface area contributed by atoms with Crippen LogP contribution in [-0.2, 0) is 6.42 Å². The minimum Gasteiger partial charge on any atom is -0.396 e. The topological polar surface area (TPSA) is 81.7 Å². The van der Waals surface area contributed by atoms with Gasteiger partial charge in [0, 0.05) is 29.8 Å². The molecule has 1 fully saturated rings. The second-order valence-electron chi connectivity index (χ2n) is 9.63. The summed E-state index contributed by atoms with van der Waals surface area (Å²) < 4.78 is 15.4. The highest BCUT2D eigenvalue weighted by molar-refractivity contribution is 14.1. The maximum Gasteiger partial charge on any atom is 0.261 e. The Morgan fingerprint density at radius 2 is 2.09 bits per heavy atom. The Kier molecular flexibility index (Phi) is 7.30. The van der Waals surface area contributed by atoms with Crippen molar-refractivity contribution in [2.24, 2.45) is 11.3 Å². The third kappa shape index (κ3) is 5.35. The summed E-state index contributed by atoms with van der Waals surface area (Å²) in [4.78, 5) is 29.0. The maximum absolute atomic E-state index is 14.6. The van der Waals surface area contributed by atoms with Gasteiger partial charge in [-0.3, -0.25) is 9.59 Å². The van der Waals surface area contributed by atoms with Crippen LogP contribution in [0.25, 0.3) is 0 Å². The summed E-state index contributed by atoms with van der Waals surface area (Å²) in [6, 6.07) is 4.89. The van der Waals surface area contributed by atoms with Crippen molar-refractivity contribution in [2.45, 2.75) is 39.5 Å². The molecule has 0 aliphatic carbocycles. The quantitative estimate of drug-likeness (QED) is 0.442. The molecule has 2 aliphatic heterocycles. The highest BCUT2D eigenvalue weighted by Gasteiger charge is 2.36. The van der Waals surface area contributed by atoms with E-state index in [9.17, 15) is 19.1 Å². The van der Waals surface area contributed by atoms with Gasteiger partial charge in [-0.1, -0.05) is 13.8 Å². The lowest BCUT2D eigenvalue weighted by molar-refractivity contribution is 0.0678. The standard InChI is InChI=1S/C24H29FIN3O3S/c1-24(2)12-16-19(23(32)29-8-5-14(6-9-29)7-10-30)22(33-20(16)21(31)27-13-24)28-18-4-3-15(26)11-17(18)25/h3-4,11,14,28,30H,5-10,12-13H2,1-2H3,(H,27,31). The van der Waals surface area contributed by atoms with Crippen molar-refractivity contribution in [3.05, 3.63) is 43.6 Å². The zero-order valence-electron chi connectivity index (χ0n) is 18.8. The molecule has 0 atom stereocenters. The van der Waals surface area contributed by atoms with E-state index in [-0.39, 0.29) is 29.5 Å². The molecule has 4 rings (SSSR count). The maximum atomic E-state index is 14.6. The molecule has 0 unspecified atom stereocenters. The fourth-order valence-corrected chi connectivity index (χ4v) is 6.14. The number of halogens is 2.